The molecule has 4 rings (SSSR count). The third-order valence-electron chi connectivity index (χ3n) is 4.59. The molecule has 138 valence electrons. The van der Waals surface area contributed by atoms with Gasteiger partial charge in [0, 0.05) is 12.2 Å². The molecule has 28 heavy (non-hydrogen) atoms. The number of hydrogen-bond donors (Lipinski definition) is 1. The molecule has 0 fully saturated rings. The van der Waals surface area contributed by atoms with Crippen LogP contribution in [-0.4, -0.2) is 55.9 Å². The monoisotopic (exact) mass is 400 g/mol. The predicted octanol–water partition coefficient (Wildman–Crippen LogP) is 4.55. The second kappa shape index (κ2) is 9.61. The van der Waals surface area contributed by atoms with Crippen molar-refractivity contribution in [2.24, 2.45) is 0 Å². The van der Waals surface area contributed by atoms with Crippen LogP contribution in [0.4, 0.5) is 0 Å². The molecule has 6 heteroatoms. The van der Waals surface area contributed by atoms with Gasteiger partial charge in [0.25, 0.3) is 0 Å². The molecule has 3 aromatic carbocycles. The van der Waals surface area contributed by atoms with E-state index in [1.165, 1.54) is 16.3 Å². The molecule has 1 N–H and O–H groups in total. The number of carboxylic acids is 1. The Kier molecular flexibility index (Phi) is 7.18. The van der Waals surface area contributed by atoms with Gasteiger partial charge in [0.05, 0.1) is 17.6 Å². The van der Waals surface area contributed by atoms with Gasteiger partial charge in [-0.1, -0.05) is 66.4 Å². The summed E-state index contributed by atoms with van der Waals surface area (Å²) >= 11 is 1.63. The fourth-order valence-corrected chi connectivity index (χ4v) is 4.26. The summed E-state index contributed by atoms with van der Waals surface area (Å²) in [5, 5.41) is 12.3. The van der Waals surface area contributed by atoms with Gasteiger partial charge in [-0.15, -0.1) is 0 Å². The van der Waals surface area contributed by atoms with Crippen LogP contribution in [0.5, 0.6) is 0 Å². The fourth-order valence-electron chi connectivity index (χ4n) is 3.30. The first-order valence-electron chi connectivity index (χ1n) is 8.99. The van der Waals surface area contributed by atoms with E-state index in [1.54, 1.807) is 11.8 Å². The molecule has 0 aliphatic heterocycles. The summed E-state index contributed by atoms with van der Waals surface area (Å²) in [4.78, 5) is 15.5. The van der Waals surface area contributed by atoms with Crippen LogP contribution in [0.3, 0.4) is 0 Å². The number of nitrogens with zero attached hydrogens (tertiary/aromatic N) is 2. The third-order valence-corrected chi connectivity index (χ3v) is 5.66. The molecule has 0 amide bonds. The van der Waals surface area contributed by atoms with Crippen LogP contribution in [0, 0.1) is 0 Å². The summed E-state index contributed by atoms with van der Waals surface area (Å²) < 4.78 is 2.24. The Morgan fingerprint density at radius 3 is 2.61 bits per heavy atom. The first-order chi connectivity index (χ1) is 13.2. The molecular formula is C22H21N2NaO2S. The molecule has 0 aliphatic rings. The van der Waals surface area contributed by atoms with E-state index in [4.69, 9.17) is 10.1 Å². The van der Waals surface area contributed by atoms with Gasteiger partial charge in [-0.25, -0.2) is 4.98 Å². The standard InChI is InChI=1S/C22H20N2O2S.Na.H/c25-21(26)13-6-14-27-22-23-19-11-3-4-12-20(19)24(22)15-17-9-5-8-16-7-1-2-10-18(16)17;;/h1-5,7-12H,6,13-15H2,(H,25,26);;. The number of imidazole rings is 1. The number of para-hydroxylation sites is 2. The zero-order valence-electron chi connectivity index (χ0n) is 14.8. The minimum atomic E-state index is -0.750. The maximum absolute atomic E-state index is 10.8. The van der Waals surface area contributed by atoms with Crippen LogP contribution >= 0.6 is 11.8 Å². The SMILES string of the molecule is O=C(O)CCCSc1nc2ccccc2n1Cc1cccc2ccccc12.[NaH]. The van der Waals surface area contributed by atoms with E-state index >= 15 is 0 Å². The van der Waals surface area contributed by atoms with Crippen LogP contribution in [0.25, 0.3) is 21.8 Å². The molecule has 1 heterocycles. The summed E-state index contributed by atoms with van der Waals surface area (Å²) in [6, 6.07) is 22.9. The van der Waals surface area contributed by atoms with E-state index < -0.39 is 5.97 Å². The van der Waals surface area contributed by atoms with Crippen molar-refractivity contribution in [2.75, 3.05) is 5.75 Å². The molecule has 0 unspecified atom stereocenters. The zero-order valence-corrected chi connectivity index (χ0v) is 15.7. The van der Waals surface area contributed by atoms with Crippen LogP contribution in [-0.2, 0) is 11.3 Å². The molecule has 0 spiro atoms. The Balaban J connectivity index is 0.00000225. The van der Waals surface area contributed by atoms with Gasteiger partial charge in [-0.05, 0) is 34.9 Å². The van der Waals surface area contributed by atoms with E-state index in [-0.39, 0.29) is 36.0 Å². The number of rotatable bonds is 7. The molecule has 0 saturated heterocycles. The summed E-state index contributed by atoms with van der Waals surface area (Å²) in [6.45, 7) is 0.739. The molecule has 0 aliphatic carbocycles. The number of carbonyl (C=O) groups is 1. The van der Waals surface area contributed by atoms with Crippen LogP contribution < -0.4 is 0 Å². The fraction of sp³-hybridized carbons (Fsp3) is 0.182. The Labute approximate surface area is 190 Å². The van der Waals surface area contributed by atoms with Gasteiger partial charge < -0.3 is 9.67 Å². The van der Waals surface area contributed by atoms with Crippen molar-refractivity contribution in [3.05, 3.63) is 72.3 Å². The average Bonchev–Trinajstić information content (AvgIpc) is 3.03. The number of thioether (sulfide) groups is 1. The van der Waals surface area contributed by atoms with Crippen molar-refractivity contribution in [1.29, 1.82) is 0 Å². The van der Waals surface area contributed by atoms with Crippen LogP contribution in [0.15, 0.2) is 71.9 Å². The number of benzene rings is 3. The van der Waals surface area contributed by atoms with Gasteiger partial charge in [0.1, 0.15) is 0 Å². The van der Waals surface area contributed by atoms with E-state index in [1.807, 2.05) is 18.2 Å². The van der Waals surface area contributed by atoms with Crippen LogP contribution in [0.2, 0.25) is 0 Å². The van der Waals surface area contributed by atoms with Crippen molar-refractivity contribution in [2.45, 2.75) is 24.5 Å². The van der Waals surface area contributed by atoms with Crippen molar-refractivity contribution in [3.8, 4) is 0 Å². The van der Waals surface area contributed by atoms with Crippen molar-refractivity contribution in [1.82, 2.24) is 9.55 Å². The molecule has 0 bridgehead atoms. The number of carboxylic acid groups (broad SMARTS) is 1. The number of hydrogen-bond acceptors (Lipinski definition) is 3. The molecule has 0 atom stereocenters. The summed E-state index contributed by atoms with van der Waals surface area (Å²) in [5.74, 6) is -0.00890. The van der Waals surface area contributed by atoms with Crippen molar-refractivity contribution < 1.29 is 9.90 Å². The average molecular weight is 400 g/mol. The summed E-state index contributed by atoms with van der Waals surface area (Å²) in [5.41, 5.74) is 3.33. The van der Waals surface area contributed by atoms with E-state index in [0.717, 1.165) is 28.5 Å². The van der Waals surface area contributed by atoms with Gasteiger partial charge in [-0.3, -0.25) is 4.79 Å². The zero-order chi connectivity index (χ0) is 18.6. The first-order valence-corrected chi connectivity index (χ1v) is 9.97. The van der Waals surface area contributed by atoms with E-state index in [2.05, 4.69) is 53.1 Å². The van der Waals surface area contributed by atoms with Gasteiger partial charge in [-0.2, -0.15) is 0 Å². The normalized spacial score (nSPS) is 10.9. The minimum absolute atomic E-state index is 0. The third kappa shape index (κ3) is 4.61. The summed E-state index contributed by atoms with van der Waals surface area (Å²) in [7, 11) is 0. The predicted molar refractivity (Wildman–Crippen MR) is 118 cm³/mol. The molecule has 1 aromatic heterocycles. The molecule has 0 radical (unpaired) electrons. The van der Waals surface area contributed by atoms with E-state index in [9.17, 15) is 4.79 Å². The van der Waals surface area contributed by atoms with Gasteiger partial charge in [0.2, 0.25) is 0 Å². The quantitative estimate of drug-likeness (QED) is 0.281. The number of aromatic nitrogens is 2. The number of fused-ring (bicyclic) bond motifs is 2. The summed E-state index contributed by atoms with van der Waals surface area (Å²) in [6.07, 6.45) is 0.827. The molecule has 0 saturated carbocycles. The molecule has 4 nitrogen and oxygen atoms in total. The maximum atomic E-state index is 10.8. The van der Waals surface area contributed by atoms with E-state index in [0.29, 0.717) is 6.42 Å². The Morgan fingerprint density at radius 2 is 1.75 bits per heavy atom. The first kappa shape index (κ1) is 20.9. The molecular weight excluding hydrogens is 379 g/mol. The second-order valence-electron chi connectivity index (χ2n) is 6.45. The van der Waals surface area contributed by atoms with Crippen LogP contribution in [0.1, 0.15) is 18.4 Å². The molecule has 4 aromatic rings. The van der Waals surface area contributed by atoms with Gasteiger partial charge in [0.15, 0.2) is 5.16 Å². The van der Waals surface area contributed by atoms with Crippen molar-refractivity contribution in [3.63, 3.8) is 0 Å². The number of aliphatic carboxylic acids is 1. The Bertz CT molecular complexity index is 1100. The topological polar surface area (TPSA) is 55.1 Å². The second-order valence-corrected chi connectivity index (χ2v) is 7.52. The van der Waals surface area contributed by atoms with Crippen molar-refractivity contribution >= 4 is 69.1 Å². The van der Waals surface area contributed by atoms with Gasteiger partial charge >= 0.3 is 35.5 Å². The Morgan fingerprint density at radius 1 is 1.00 bits per heavy atom. The Hall–Kier alpha value is -1.79.